The molecule has 0 spiro atoms. The van der Waals surface area contributed by atoms with Crippen LogP contribution in [0.5, 0.6) is 0 Å². The molecule has 12 aromatic carbocycles. The number of benzene rings is 12. The molecule has 0 aliphatic heterocycles. The van der Waals surface area contributed by atoms with Gasteiger partial charge in [-0.25, -0.2) is 0 Å². The zero-order valence-electron chi connectivity index (χ0n) is 43.9. The van der Waals surface area contributed by atoms with Crippen molar-refractivity contribution in [1.82, 2.24) is 4.40 Å². The van der Waals surface area contributed by atoms with E-state index in [2.05, 4.69) is 228 Å². The topological polar surface area (TPSA) is 24.0 Å². The molecule has 0 atom stereocenters. The number of anilines is 6. The fourth-order valence-corrected chi connectivity index (χ4v) is 12.0. The molecule has 15 rings (SSSR count). The lowest BCUT2D eigenvalue weighted by Crippen LogP contribution is -2.10. The van der Waals surface area contributed by atoms with E-state index >= 15 is 0 Å². The third-order valence-corrected chi connectivity index (χ3v) is 15.5. The molecular formula is C72H49N3O. The molecule has 76 heavy (non-hydrogen) atoms. The van der Waals surface area contributed by atoms with E-state index in [4.69, 9.17) is 7.16 Å². The van der Waals surface area contributed by atoms with Crippen molar-refractivity contribution in [3.63, 3.8) is 0 Å². The summed E-state index contributed by atoms with van der Waals surface area (Å²) < 4.78 is 25.4. The van der Waals surface area contributed by atoms with Crippen molar-refractivity contribution in [2.75, 3.05) is 9.80 Å². The van der Waals surface area contributed by atoms with Gasteiger partial charge in [0.2, 0.25) is 0 Å². The van der Waals surface area contributed by atoms with Crippen molar-refractivity contribution in [3.05, 3.63) is 272 Å². The molecule has 0 aliphatic rings. The van der Waals surface area contributed by atoms with E-state index in [-0.39, 0.29) is 0 Å². The summed E-state index contributed by atoms with van der Waals surface area (Å²) in [6, 6.07) is 89.4. The highest BCUT2D eigenvalue weighted by Gasteiger charge is 2.26. The lowest BCUT2D eigenvalue weighted by atomic mass is 9.97. The van der Waals surface area contributed by atoms with Crippen molar-refractivity contribution < 1.29 is 7.16 Å². The minimum Gasteiger partial charge on any atom is -0.456 e. The van der Waals surface area contributed by atoms with Crippen LogP contribution in [0.15, 0.2) is 265 Å². The van der Waals surface area contributed by atoms with Gasteiger partial charge in [-0.3, -0.25) is 0 Å². The van der Waals surface area contributed by atoms with Crippen LogP contribution in [-0.2, 0) is 0 Å². The monoisotopic (exact) mass is 973 g/mol. The molecule has 0 saturated heterocycles. The van der Waals surface area contributed by atoms with Crippen LogP contribution in [0, 0.1) is 13.8 Å². The Balaban J connectivity index is 0.922. The predicted octanol–water partition coefficient (Wildman–Crippen LogP) is 20.4. The molecule has 358 valence electrons. The molecule has 0 aliphatic carbocycles. The van der Waals surface area contributed by atoms with Crippen molar-refractivity contribution in [2.24, 2.45) is 0 Å². The van der Waals surface area contributed by atoms with Gasteiger partial charge in [0.05, 0.1) is 25.0 Å². The van der Waals surface area contributed by atoms with Crippen molar-refractivity contribution in [2.45, 2.75) is 13.8 Å². The molecular weight excluding hydrogens is 923 g/mol. The Morgan fingerprint density at radius 3 is 1.51 bits per heavy atom. The highest BCUT2D eigenvalue weighted by molar-refractivity contribution is 6.34. The van der Waals surface area contributed by atoms with Gasteiger partial charge in [-0.05, 0) is 166 Å². The summed E-state index contributed by atoms with van der Waals surface area (Å²) in [6.45, 7) is 4.29. The Morgan fingerprint density at radius 1 is 0.329 bits per heavy atom. The number of hydrogen-bond acceptors (Lipinski definition) is 3. The minimum absolute atomic E-state index is 0.503. The SMILES string of the molecule is [2H]c1ccc(-c2ccc(N(c3cccc(C)c3)c3ccc4c(c3)oc3ccc5c(ccc6c5c5ccc(N(c7ccc(-c8ccc([2H])cc8)cc7)c7cccc(C)c7)c7c8cc(-c9ccccc9)ccc8n6c57)c34)cc2)cc1. The summed E-state index contributed by atoms with van der Waals surface area (Å²) in [4.78, 5) is 4.72. The molecule has 0 amide bonds. The van der Waals surface area contributed by atoms with Crippen LogP contribution in [0.4, 0.5) is 34.1 Å². The van der Waals surface area contributed by atoms with E-state index in [1.807, 2.05) is 48.5 Å². The highest BCUT2D eigenvalue weighted by Crippen LogP contribution is 2.50. The van der Waals surface area contributed by atoms with Crippen molar-refractivity contribution in [1.29, 1.82) is 0 Å². The van der Waals surface area contributed by atoms with Crippen LogP contribution >= 0.6 is 0 Å². The average Bonchev–Trinajstić information content (AvgIpc) is 4.23. The summed E-state index contributed by atoms with van der Waals surface area (Å²) in [5, 5.41) is 9.32. The van der Waals surface area contributed by atoms with E-state index in [0.29, 0.717) is 12.1 Å². The van der Waals surface area contributed by atoms with Crippen molar-refractivity contribution >= 4 is 105 Å². The summed E-state index contributed by atoms with van der Waals surface area (Å²) >= 11 is 0. The van der Waals surface area contributed by atoms with Gasteiger partial charge in [0.15, 0.2) is 0 Å². The third-order valence-electron chi connectivity index (χ3n) is 15.5. The Hall–Kier alpha value is -9.90. The Kier molecular flexibility index (Phi) is 9.50. The first kappa shape index (κ1) is 41.6. The highest BCUT2D eigenvalue weighted by atomic mass is 16.3. The third kappa shape index (κ3) is 6.99. The largest absolute Gasteiger partial charge is 0.456 e. The quantitative estimate of drug-likeness (QED) is 0.144. The second-order valence-electron chi connectivity index (χ2n) is 20.1. The molecule has 0 bridgehead atoms. The molecule has 0 fully saturated rings. The molecule has 4 heteroatoms. The number of aryl methyl sites for hydroxylation is 2. The summed E-state index contributed by atoms with van der Waals surface area (Å²) in [6.07, 6.45) is 0. The molecule has 3 aromatic heterocycles. The first-order valence-corrected chi connectivity index (χ1v) is 26.0. The lowest BCUT2D eigenvalue weighted by Gasteiger charge is -2.27. The summed E-state index contributed by atoms with van der Waals surface area (Å²) in [5.41, 5.74) is 20.6. The van der Waals surface area contributed by atoms with Crippen molar-refractivity contribution in [3.8, 4) is 33.4 Å². The average molecular weight is 974 g/mol. The van der Waals surface area contributed by atoms with Gasteiger partial charge < -0.3 is 18.6 Å². The normalized spacial score (nSPS) is 12.2. The van der Waals surface area contributed by atoms with Gasteiger partial charge >= 0.3 is 0 Å². The molecule has 0 saturated carbocycles. The predicted molar refractivity (Wildman–Crippen MR) is 321 cm³/mol. The second kappa shape index (κ2) is 17.4. The number of hydrogen-bond donors (Lipinski definition) is 0. The number of rotatable bonds is 9. The van der Waals surface area contributed by atoms with E-state index in [1.54, 1.807) is 0 Å². The molecule has 0 unspecified atom stereocenters. The fourth-order valence-electron chi connectivity index (χ4n) is 12.0. The first-order chi connectivity index (χ1) is 38.3. The smallest absolute Gasteiger partial charge is 0.137 e. The maximum absolute atomic E-state index is 8.07. The van der Waals surface area contributed by atoms with Gasteiger partial charge in [-0.15, -0.1) is 0 Å². The van der Waals surface area contributed by atoms with Crippen LogP contribution in [0.25, 0.3) is 104 Å². The standard InChI is InChI=1S/C72H49N3O/c1-46-14-12-22-56(42-46)73(54-29-24-51(25-30-54)48-16-6-3-7-17-48)58-33-34-61-68(45-58)76-67-41-37-59-60(70(61)67)35-39-65-69(59)62-36-40-66(71-63-44-53(50-20-10-5-11-21-50)28-38-64(63)75(65)72(62)71)74(57-23-13-15-47(2)43-57)55-31-26-52(27-32-55)49-18-8-4-9-19-49/h3-45H,1-2H3/i3D,4D. The summed E-state index contributed by atoms with van der Waals surface area (Å²) in [5.74, 6) is 0. The van der Waals surface area contributed by atoms with Crippen LogP contribution in [0.1, 0.15) is 13.9 Å². The Labute approximate surface area is 443 Å². The van der Waals surface area contributed by atoms with E-state index in [9.17, 15) is 0 Å². The maximum Gasteiger partial charge on any atom is 0.137 e. The number of fused-ring (bicyclic) bond motifs is 12. The van der Waals surface area contributed by atoms with Gasteiger partial charge in [0.25, 0.3) is 0 Å². The van der Waals surface area contributed by atoms with Crippen LogP contribution in [0.2, 0.25) is 0 Å². The Bertz CT molecular complexity index is 4810. The second-order valence-corrected chi connectivity index (χ2v) is 20.1. The molecule has 0 radical (unpaired) electrons. The van der Waals surface area contributed by atoms with Gasteiger partial charge in [0, 0.05) is 66.8 Å². The number of nitrogens with zero attached hydrogens (tertiary/aromatic N) is 3. The van der Waals surface area contributed by atoms with E-state index in [1.165, 1.54) is 54.7 Å². The van der Waals surface area contributed by atoms with Crippen LogP contribution in [0.3, 0.4) is 0 Å². The molecule has 0 N–H and O–H groups in total. The van der Waals surface area contributed by atoms with E-state index in [0.717, 1.165) is 94.7 Å². The van der Waals surface area contributed by atoms with E-state index < -0.39 is 0 Å². The molecule has 3 heterocycles. The van der Waals surface area contributed by atoms with Gasteiger partial charge in [-0.1, -0.05) is 158 Å². The maximum atomic E-state index is 8.07. The lowest BCUT2D eigenvalue weighted by molar-refractivity contribution is 0.669. The number of furan rings is 1. The molecule has 15 aromatic rings. The van der Waals surface area contributed by atoms with Crippen LogP contribution < -0.4 is 9.80 Å². The fraction of sp³-hybridized carbons (Fsp3) is 0.0278. The minimum atomic E-state index is 0.503. The zero-order chi connectivity index (χ0) is 52.2. The first-order valence-electron chi connectivity index (χ1n) is 27.0. The van der Waals surface area contributed by atoms with Gasteiger partial charge in [-0.2, -0.15) is 0 Å². The van der Waals surface area contributed by atoms with Crippen LogP contribution in [-0.4, -0.2) is 4.40 Å². The van der Waals surface area contributed by atoms with Gasteiger partial charge in [0.1, 0.15) is 11.2 Å². The number of aromatic nitrogens is 1. The Morgan fingerprint density at radius 2 is 0.842 bits per heavy atom. The summed E-state index contributed by atoms with van der Waals surface area (Å²) in [7, 11) is 0. The molecule has 4 nitrogen and oxygen atoms in total. The zero-order valence-corrected chi connectivity index (χ0v) is 41.9.